The first-order chi connectivity index (χ1) is 14.6. The zero-order chi connectivity index (χ0) is 20.7. The van der Waals surface area contributed by atoms with Gasteiger partial charge in [0.1, 0.15) is 23.9 Å². The number of Topliss-reactive ketones (excluding diaryl/α,β-unsaturated/α-hetero) is 1. The zero-order valence-corrected chi connectivity index (χ0v) is 16.1. The quantitative estimate of drug-likeness (QED) is 0.569. The third-order valence-electron chi connectivity index (χ3n) is 4.99. The van der Waals surface area contributed by atoms with Crippen molar-refractivity contribution >= 4 is 11.9 Å². The third kappa shape index (κ3) is 3.26. The van der Waals surface area contributed by atoms with E-state index in [1.165, 1.54) is 6.07 Å². The largest absolute Gasteiger partial charge is 0.489 e. The second-order valence-electron chi connectivity index (χ2n) is 7.05. The Balaban J connectivity index is 1.39. The second kappa shape index (κ2) is 7.22. The van der Waals surface area contributed by atoms with E-state index >= 15 is 0 Å². The predicted octanol–water partition coefficient (Wildman–Crippen LogP) is 5.06. The summed E-state index contributed by atoms with van der Waals surface area (Å²) in [6, 6.07) is 15.3. The molecule has 0 fully saturated rings. The van der Waals surface area contributed by atoms with E-state index in [4.69, 9.17) is 18.9 Å². The minimum absolute atomic E-state index is 0.0821. The molecule has 0 atom stereocenters. The summed E-state index contributed by atoms with van der Waals surface area (Å²) < 4.78 is 36.1. The molecule has 0 saturated carbocycles. The molecule has 0 amide bonds. The summed E-state index contributed by atoms with van der Waals surface area (Å²) >= 11 is 0. The lowest BCUT2D eigenvalue weighted by atomic mass is 10.0. The summed E-state index contributed by atoms with van der Waals surface area (Å²) in [5.74, 6) is 1.94. The fourth-order valence-corrected chi connectivity index (χ4v) is 3.49. The number of carbonyl (C=O) groups excluding carboxylic acids is 1. The molecule has 0 aliphatic carbocycles. The zero-order valence-electron chi connectivity index (χ0n) is 16.1. The van der Waals surface area contributed by atoms with E-state index in [0.29, 0.717) is 34.1 Å². The molecule has 5 rings (SSSR count). The molecule has 0 spiro atoms. The van der Waals surface area contributed by atoms with Gasteiger partial charge in [0.05, 0.1) is 5.56 Å². The van der Waals surface area contributed by atoms with Crippen LogP contribution in [0.1, 0.15) is 27.0 Å². The van der Waals surface area contributed by atoms with Crippen LogP contribution in [-0.4, -0.2) is 12.6 Å². The summed E-state index contributed by atoms with van der Waals surface area (Å²) in [5.41, 5.74) is 2.45. The normalized spacial score (nSPS) is 15.3. The lowest BCUT2D eigenvalue weighted by molar-refractivity contribution is 0.101. The van der Waals surface area contributed by atoms with Crippen LogP contribution in [0.5, 0.6) is 23.0 Å². The van der Waals surface area contributed by atoms with Gasteiger partial charge in [0, 0.05) is 11.6 Å². The molecule has 0 aromatic heterocycles. The summed E-state index contributed by atoms with van der Waals surface area (Å²) in [5, 5.41) is 0. The van der Waals surface area contributed by atoms with Gasteiger partial charge in [0.15, 0.2) is 17.3 Å². The number of allylic oxidation sites excluding steroid dienone is 1. The number of hydrogen-bond donors (Lipinski definition) is 0. The smallest absolute Gasteiger partial charge is 0.232 e. The molecule has 3 aromatic carbocycles. The van der Waals surface area contributed by atoms with Crippen LogP contribution < -0.4 is 18.9 Å². The molecule has 0 bridgehead atoms. The van der Waals surface area contributed by atoms with Crippen molar-refractivity contribution in [2.75, 3.05) is 6.79 Å². The van der Waals surface area contributed by atoms with Crippen molar-refractivity contribution in [3.63, 3.8) is 0 Å². The molecule has 0 saturated heterocycles. The topological polar surface area (TPSA) is 54.0 Å². The Morgan fingerprint density at radius 3 is 2.73 bits per heavy atom. The molecule has 2 heterocycles. The Morgan fingerprint density at radius 1 is 1.03 bits per heavy atom. The number of ether oxygens (including phenoxy) is 4. The molecule has 0 unspecified atom stereocenters. The van der Waals surface area contributed by atoms with Crippen molar-refractivity contribution in [2.24, 2.45) is 0 Å². The molecule has 0 N–H and O–H groups in total. The van der Waals surface area contributed by atoms with Gasteiger partial charge in [-0.2, -0.15) is 0 Å². The average Bonchev–Trinajstić information content (AvgIpc) is 3.32. The van der Waals surface area contributed by atoms with E-state index in [-0.39, 0.29) is 30.8 Å². The highest BCUT2D eigenvalue weighted by Crippen LogP contribution is 2.39. The Labute approximate surface area is 172 Å². The van der Waals surface area contributed by atoms with E-state index in [1.54, 1.807) is 48.5 Å². The molecule has 30 heavy (non-hydrogen) atoms. The molecule has 5 nitrogen and oxygen atoms in total. The summed E-state index contributed by atoms with van der Waals surface area (Å²) in [7, 11) is 0. The summed E-state index contributed by atoms with van der Waals surface area (Å²) in [6.07, 6.45) is 1.67. The van der Waals surface area contributed by atoms with Crippen molar-refractivity contribution in [1.29, 1.82) is 0 Å². The van der Waals surface area contributed by atoms with Crippen molar-refractivity contribution in [1.82, 2.24) is 0 Å². The highest BCUT2D eigenvalue weighted by Gasteiger charge is 2.30. The summed E-state index contributed by atoms with van der Waals surface area (Å²) in [4.78, 5) is 12.9. The standard InChI is InChI=1S/C24H17FO5/c1-14-8-17(27-12-16-4-2-3-5-18(16)25)11-21-23(14)24(26)22(30-21)10-15-6-7-19-20(9-15)29-13-28-19/h2-11H,12-13H2,1H3/b22-10-. The van der Waals surface area contributed by atoms with Gasteiger partial charge >= 0.3 is 0 Å². The highest BCUT2D eigenvalue weighted by molar-refractivity contribution is 6.15. The van der Waals surface area contributed by atoms with Gasteiger partial charge in [-0.3, -0.25) is 4.79 Å². The number of rotatable bonds is 4. The van der Waals surface area contributed by atoms with Crippen LogP contribution in [0.3, 0.4) is 0 Å². The number of hydrogen-bond acceptors (Lipinski definition) is 5. The lowest BCUT2D eigenvalue weighted by Gasteiger charge is -2.09. The fourth-order valence-electron chi connectivity index (χ4n) is 3.49. The SMILES string of the molecule is Cc1cc(OCc2ccccc2F)cc2c1C(=O)/C(=C/c1ccc3c(c1)OCO3)O2. The van der Waals surface area contributed by atoms with Crippen molar-refractivity contribution < 1.29 is 28.1 Å². The maximum atomic E-state index is 13.8. The van der Waals surface area contributed by atoms with Crippen molar-refractivity contribution in [2.45, 2.75) is 13.5 Å². The number of aryl methyl sites for hydroxylation is 1. The van der Waals surface area contributed by atoms with Crippen LogP contribution in [0.4, 0.5) is 4.39 Å². The minimum Gasteiger partial charge on any atom is -0.489 e. The Kier molecular flexibility index (Phi) is 4.39. The van der Waals surface area contributed by atoms with Crippen LogP contribution in [-0.2, 0) is 6.61 Å². The van der Waals surface area contributed by atoms with E-state index in [9.17, 15) is 9.18 Å². The molecule has 2 aliphatic heterocycles. The van der Waals surface area contributed by atoms with Crippen LogP contribution in [0.2, 0.25) is 0 Å². The Bertz CT molecular complexity index is 1200. The average molecular weight is 404 g/mol. The van der Waals surface area contributed by atoms with Crippen LogP contribution in [0.15, 0.2) is 60.4 Å². The molecular formula is C24H17FO5. The van der Waals surface area contributed by atoms with Gasteiger partial charge in [-0.05, 0) is 48.4 Å². The predicted molar refractivity (Wildman–Crippen MR) is 107 cm³/mol. The van der Waals surface area contributed by atoms with Crippen molar-refractivity contribution in [3.8, 4) is 23.0 Å². The van der Waals surface area contributed by atoms with E-state index in [2.05, 4.69) is 0 Å². The molecular weight excluding hydrogens is 387 g/mol. The minimum atomic E-state index is -0.323. The third-order valence-corrected chi connectivity index (χ3v) is 4.99. The summed E-state index contributed by atoms with van der Waals surface area (Å²) in [6.45, 7) is 2.09. The highest BCUT2D eigenvalue weighted by atomic mass is 19.1. The number of carbonyl (C=O) groups is 1. The van der Waals surface area contributed by atoms with Crippen LogP contribution in [0.25, 0.3) is 6.08 Å². The monoisotopic (exact) mass is 404 g/mol. The fraction of sp³-hybridized carbons (Fsp3) is 0.125. The molecule has 2 aliphatic rings. The second-order valence-corrected chi connectivity index (χ2v) is 7.05. The van der Waals surface area contributed by atoms with E-state index in [0.717, 1.165) is 11.1 Å². The van der Waals surface area contributed by atoms with Gasteiger partial charge in [0.25, 0.3) is 0 Å². The van der Waals surface area contributed by atoms with Gasteiger partial charge in [-0.15, -0.1) is 0 Å². The number of fused-ring (bicyclic) bond motifs is 2. The molecule has 150 valence electrons. The first kappa shape index (κ1) is 18.2. The number of benzene rings is 3. The van der Waals surface area contributed by atoms with E-state index in [1.807, 2.05) is 13.0 Å². The van der Waals surface area contributed by atoms with Crippen LogP contribution in [0, 0.1) is 12.7 Å². The number of ketones is 1. The van der Waals surface area contributed by atoms with Crippen LogP contribution >= 0.6 is 0 Å². The van der Waals surface area contributed by atoms with Gasteiger partial charge < -0.3 is 18.9 Å². The van der Waals surface area contributed by atoms with E-state index < -0.39 is 0 Å². The molecule has 0 radical (unpaired) electrons. The van der Waals surface area contributed by atoms with Gasteiger partial charge in [-0.25, -0.2) is 4.39 Å². The Morgan fingerprint density at radius 2 is 1.87 bits per heavy atom. The molecule has 3 aromatic rings. The lowest BCUT2D eigenvalue weighted by Crippen LogP contribution is -2.00. The van der Waals surface area contributed by atoms with Gasteiger partial charge in [0.2, 0.25) is 12.6 Å². The maximum absolute atomic E-state index is 13.8. The molecule has 6 heteroatoms. The van der Waals surface area contributed by atoms with Crippen molar-refractivity contribution in [3.05, 3.63) is 88.4 Å². The van der Waals surface area contributed by atoms with Gasteiger partial charge in [-0.1, -0.05) is 24.3 Å². The first-order valence-corrected chi connectivity index (χ1v) is 9.43. The Hall–Kier alpha value is -3.80. The first-order valence-electron chi connectivity index (χ1n) is 9.43. The maximum Gasteiger partial charge on any atom is 0.232 e. The number of halogens is 1.